The number of piperidine rings is 1. The van der Waals surface area contributed by atoms with Crippen LogP contribution in [0.15, 0.2) is 58.2 Å². The van der Waals surface area contributed by atoms with Gasteiger partial charge in [0.05, 0.1) is 10.6 Å². The van der Waals surface area contributed by atoms with E-state index in [0.29, 0.717) is 36.0 Å². The van der Waals surface area contributed by atoms with Gasteiger partial charge in [-0.05, 0) is 74.1 Å². The van der Waals surface area contributed by atoms with E-state index in [9.17, 15) is 18.0 Å². The Hall–Kier alpha value is -3.30. The van der Waals surface area contributed by atoms with E-state index < -0.39 is 15.9 Å². The van der Waals surface area contributed by atoms with E-state index in [-0.39, 0.29) is 16.0 Å². The van der Waals surface area contributed by atoms with Gasteiger partial charge in [-0.3, -0.25) is 9.59 Å². The third-order valence-electron chi connectivity index (χ3n) is 6.34. The van der Waals surface area contributed by atoms with Gasteiger partial charge >= 0.3 is 0 Å². The summed E-state index contributed by atoms with van der Waals surface area (Å²) < 4.78 is 28.3. The smallest absolute Gasteiger partial charge is 0.264 e. The van der Waals surface area contributed by atoms with Gasteiger partial charge in [0, 0.05) is 36.0 Å². The zero-order chi connectivity index (χ0) is 24.5. The molecule has 0 bridgehead atoms. The Kier molecular flexibility index (Phi) is 6.67. The van der Waals surface area contributed by atoms with Gasteiger partial charge in [-0.25, -0.2) is 13.5 Å². The van der Waals surface area contributed by atoms with Crippen LogP contribution >= 0.6 is 0 Å². The first-order valence-corrected chi connectivity index (χ1v) is 12.7. The van der Waals surface area contributed by atoms with E-state index in [4.69, 9.17) is 0 Å². The summed E-state index contributed by atoms with van der Waals surface area (Å²) in [4.78, 5) is 24.5. The Morgan fingerprint density at radius 3 is 2.50 bits per heavy atom. The van der Waals surface area contributed by atoms with E-state index in [1.165, 1.54) is 16.4 Å². The molecular formula is C25H28N4O4S. The number of H-pyrrole nitrogens is 1. The molecule has 0 unspecified atom stereocenters. The molecule has 9 heteroatoms. The number of anilines is 1. The molecule has 2 N–H and O–H groups in total. The maximum Gasteiger partial charge on any atom is 0.264 e. The molecule has 8 nitrogen and oxygen atoms in total. The molecule has 0 radical (unpaired) electrons. The maximum atomic E-state index is 13.4. The van der Waals surface area contributed by atoms with Crippen LogP contribution in [0.25, 0.3) is 11.3 Å². The molecular weight excluding hydrogens is 452 g/mol. The zero-order valence-electron chi connectivity index (χ0n) is 19.5. The second-order valence-electron chi connectivity index (χ2n) is 8.84. The molecule has 0 saturated carbocycles. The van der Waals surface area contributed by atoms with Crippen LogP contribution in [0.4, 0.5) is 5.69 Å². The highest BCUT2D eigenvalue weighted by molar-refractivity contribution is 7.89. The molecule has 4 rings (SSSR count). The van der Waals surface area contributed by atoms with Gasteiger partial charge in [-0.1, -0.05) is 19.1 Å². The van der Waals surface area contributed by atoms with Gasteiger partial charge in [-0.2, -0.15) is 9.40 Å². The molecule has 1 aliphatic heterocycles. The van der Waals surface area contributed by atoms with Crippen LogP contribution < -0.4 is 10.9 Å². The Bertz CT molecular complexity index is 1370. The van der Waals surface area contributed by atoms with Crippen molar-refractivity contribution in [1.29, 1.82) is 0 Å². The predicted molar refractivity (Wildman–Crippen MR) is 131 cm³/mol. The highest BCUT2D eigenvalue weighted by Gasteiger charge is 2.30. The van der Waals surface area contributed by atoms with Crippen molar-refractivity contribution in [2.24, 2.45) is 5.92 Å². The quantitative estimate of drug-likeness (QED) is 0.578. The molecule has 1 fully saturated rings. The SMILES string of the molecule is Cc1cc(C(=O)Nc2cccc(-c3ccc(=O)[nH]n3)c2)cc(S(=O)(=O)N2CCC(C)CC2)c1C. The molecule has 0 aliphatic carbocycles. The van der Waals surface area contributed by atoms with Crippen molar-refractivity contribution < 1.29 is 13.2 Å². The first-order chi connectivity index (χ1) is 16.1. The molecule has 1 saturated heterocycles. The highest BCUT2D eigenvalue weighted by atomic mass is 32.2. The molecule has 0 atom stereocenters. The van der Waals surface area contributed by atoms with Crippen molar-refractivity contribution >= 4 is 21.6 Å². The van der Waals surface area contributed by atoms with Crippen LogP contribution in [0.5, 0.6) is 0 Å². The van der Waals surface area contributed by atoms with Gasteiger partial charge in [-0.15, -0.1) is 0 Å². The average Bonchev–Trinajstić information content (AvgIpc) is 2.81. The highest BCUT2D eigenvalue weighted by Crippen LogP contribution is 2.28. The summed E-state index contributed by atoms with van der Waals surface area (Å²) in [6, 6.07) is 13.2. The number of benzene rings is 2. The third kappa shape index (κ3) is 4.95. The molecule has 34 heavy (non-hydrogen) atoms. The lowest BCUT2D eigenvalue weighted by Gasteiger charge is -2.30. The first kappa shape index (κ1) is 23.8. The zero-order valence-corrected chi connectivity index (χ0v) is 20.3. The summed E-state index contributed by atoms with van der Waals surface area (Å²) in [5, 5.41) is 9.25. The molecule has 2 heterocycles. The normalized spacial score (nSPS) is 15.3. The summed E-state index contributed by atoms with van der Waals surface area (Å²) in [6.07, 6.45) is 1.66. The summed E-state index contributed by atoms with van der Waals surface area (Å²) in [7, 11) is -3.70. The van der Waals surface area contributed by atoms with Crippen molar-refractivity contribution in [3.05, 3.63) is 75.6 Å². The minimum Gasteiger partial charge on any atom is -0.322 e. The minimum atomic E-state index is -3.70. The van der Waals surface area contributed by atoms with Crippen LogP contribution in [0.3, 0.4) is 0 Å². The number of amides is 1. The van der Waals surface area contributed by atoms with Gasteiger partial charge in [0.25, 0.3) is 11.5 Å². The summed E-state index contributed by atoms with van der Waals surface area (Å²) >= 11 is 0. The molecule has 3 aromatic rings. The van der Waals surface area contributed by atoms with E-state index >= 15 is 0 Å². The molecule has 0 spiro atoms. The Morgan fingerprint density at radius 1 is 1.09 bits per heavy atom. The number of rotatable bonds is 5. The van der Waals surface area contributed by atoms with Gasteiger partial charge in [0.15, 0.2) is 0 Å². The van der Waals surface area contributed by atoms with Gasteiger partial charge in [0.1, 0.15) is 0 Å². The second kappa shape index (κ2) is 9.52. The third-order valence-corrected chi connectivity index (χ3v) is 8.36. The van der Waals surface area contributed by atoms with Crippen molar-refractivity contribution in [3.8, 4) is 11.3 Å². The number of hydrogen-bond donors (Lipinski definition) is 2. The number of hydrogen-bond acceptors (Lipinski definition) is 5. The number of carbonyl (C=O) groups is 1. The lowest BCUT2D eigenvalue weighted by atomic mass is 10.0. The van der Waals surface area contributed by atoms with Crippen molar-refractivity contribution in [1.82, 2.24) is 14.5 Å². The van der Waals surface area contributed by atoms with Crippen LogP contribution in [0, 0.1) is 19.8 Å². The predicted octanol–water partition coefficient (Wildman–Crippen LogP) is 3.73. The average molecular weight is 481 g/mol. The van der Waals surface area contributed by atoms with Crippen LogP contribution in [-0.2, 0) is 10.0 Å². The number of nitrogens with one attached hydrogen (secondary N) is 2. The Morgan fingerprint density at radius 2 is 1.82 bits per heavy atom. The number of nitrogens with zero attached hydrogens (tertiary/aromatic N) is 2. The fourth-order valence-electron chi connectivity index (χ4n) is 4.06. The van der Waals surface area contributed by atoms with E-state index in [2.05, 4.69) is 22.4 Å². The molecule has 2 aromatic carbocycles. The number of sulfonamides is 1. The van der Waals surface area contributed by atoms with Crippen molar-refractivity contribution in [3.63, 3.8) is 0 Å². The summed E-state index contributed by atoms with van der Waals surface area (Å²) in [6.45, 7) is 6.70. The van der Waals surface area contributed by atoms with Gasteiger partial charge < -0.3 is 5.32 Å². The van der Waals surface area contributed by atoms with Crippen LogP contribution in [-0.4, -0.2) is 41.9 Å². The topological polar surface area (TPSA) is 112 Å². The number of aromatic nitrogens is 2. The van der Waals surface area contributed by atoms with E-state index in [0.717, 1.165) is 24.0 Å². The fourth-order valence-corrected chi connectivity index (χ4v) is 5.85. The largest absolute Gasteiger partial charge is 0.322 e. The van der Waals surface area contributed by atoms with E-state index in [1.807, 2.05) is 13.0 Å². The molecule has 178 valence electrons. The molecule has 1 amide bonds. The van der Waals surface area contributed by atoms with E-state index in [1.54, 1.807) is 37.3 Å². The Balaban J connectivity index is 1.61. The minimum absolute atomic E-state index is 0.179. The summed E-state index contributed by atoms with van der Waals surface area (Å²) in [5.41, 5.74) is 3.18. The van der Waals surface area contributed by atoms with Crippen molar-refractivity contribution in [2.75, 3.05) is 18.4 Å². The summed E-state index contributed by atoms with van der Waals surface area (Å²) in [5.74, 6) is 0.104. The first-order valence-electron chi connectivity index (χ1n) is 11.2. The Labute approximate surface area is 199 Å². The van der Waals surface area contributed by atoms with Gasteiger partial charge in [0.2, 0.25) is 10.0 Å². The molecule has 1 aliphatic rings. The lowest BCUT2D eigenvalue weighted by Crippen LogP contribution is -2.38. The lowest BCUT2D eigenvalue weighted by molar-refractivity contribution is 0.102. The number of carbonyl (C=O) groups excluding carboxylic acids is 1. The van der Waals surface area contributed by atoms with Crippen LogP contribution in [0.1, 0.15) is 41.3 Å². The van der Waals surface area contributed by atoms with Crippen molar-refractivity contribution in [2.45, 2.75) is 38.5 Å². The maximum absolute atomic E-state index is 13.4. The number of aromatic amines is 1. The molecule has 1 aromatic heterocycles. The monoisotopic (exact) mass is 480 g/mol. The standard InChI is InChI=1S/C25H28N4O4S/c1-16-9-11-29(12-10-16)34(32,33)23-15-20(13-17(2)18(23)3)25(31)26-21-6-4-5-19(14-21)22-7-8-24(30)28-27-22/h4-8,13-16H,9-12H2,1-3H3,(H,26,31)(H,28,30). The van der Waals surface area contributed by atoms with Crippen LogP contribution in [0.2, 0.25) is 0 Å². The fraction of sp³-hybridized carbons (Fsp3) is 0.320. The second-order valence-corrected chi connectivity index (χ2v) is 10.8. The number of aryl methyl sites for hydroxylation is 1.